The van der Waals surface area contributed by atoms with Gasteiger partial charge in [0.1, 0.15) is 0 Å². The molecule has 0 aromatic rings. The first-order valence-corrected chi connectivity index (χ1v) is 6.58. The smallest absolute Gasteiger partial charge is 0.309 e. The van der Waals surface area contributed by atoms with E-state index in [-0.39, 0.29) is 18.6 Å². The molecule has 0 fully saturated rings. The number of nitrogens with two attached hydrogens (primary N) is 12. The van der Waals surface area contributed by atoms with Crippen LogP contribution in [0.2, 0.25) is 0 Å². The van der Waals surface area contributed by atoms with Crippen molar-refractivity contribution in [2.75, 3.05) is 0 Å². The molecule has 0 saturated carbocycles. The van der Waals surface area contributed by atoms with Gasteiger partial charge in [-0.2, -0.15) is 14.0 Å². The average molecular weight is 512 g/mol. The minimum absolute atomic E-state index is 0. The fourth-order valence-corrected chi connectivity index (χ4v) is 0. The Morgan fingerprint density at radius 1 is 0.433 bits per heavy atom. The molecule has 0 atom stereocenters. The maximum atomic E-state index is 9.00. The van der Waals surface area contributed by atoms with Crippen LogP contribution in [0, 0.1) is 10.2 Å². The van der Waals surface area contributed by atoms with Crippen LogP contribution in [0.3, 0.4) is 0 Å². The molecule has 12 amide bonds. The third-order valence-corrected chi connectivity index (χ3v) is 0. The summed E-state index contributed by atoms with van der Waals surface area (Å²) >= 11 is 0. The molecule has 0 aliphatic heterocycles. The van der Waals surface area contributed by atoms with Gasteiger partial charge in [-0.25, -0.2) is 28.8 Å². The van der Waals surface area contributed by atoms with E-state index >= 15 is 0 Å². The summed E-state index contributed by atoms with van der Waals surface area (Å²) in [6.07, 6.45) is 0. The van der Waals surface area contributed by atoms with Crippen LogP contribution in [0.25, 0.3) is 0 Å². The number of carbonyl (C=O) groups excluding carboxylic acids is 6. The Hall–Kier alpha value is -3.67. The van der Waals surface area contributed by atoms with Crippen molar-refractivity contribution in [3.05, 3.63) is 0 Å². The SMILES string of the molecule is NC(N)=O.NC(N)=O.NC(N)=O.NC(N)=O.NC(N)=O.NC(N)=O.[O-][Cl+3]([O-])([O-])O.[V]. The van der Waals surface area contributed by atoms with Crippen molar-refractivity contribution >= 4 is 36.2 Å². The standard InChI is InChI=1S/6CH4N2O.ClHO4.V/c6*2-1(3)4;2-1(3,4)5;/h6*(H4,2,3,4);(H,2,3,4,5);. The van der Waals surface area contributed by atoms with Gasteiger partial charge in [-0.15, -0.1) is 0 Å². The normalized spacial score (nSPS) is 6.80. The van der Waals surface area contributed by atoms with E-state index in [0.717, 1.165) is 0 Å². The number of amides is 12. The summed E-state index contributed by atoms with van der Waals surface area (Å²) < 4.78 is 32.7. The molecule has 0 heterocycles. The van der Waals surface area contributed by atoms with Crippen LogP contribution in [0.5, 0.6) is 0 Å². The topological polar surface area (TPSA) is 504 Å². The van der Waals surface area contributed by atoms with Gasteiger partial charge in [0.25, 0.3) is 0 Å². The zero-order chi connectivity index (χ0) is 26.0. The molecule has 0 spiro atoms. The zero-order valence-corrected chi connectivity index (χ0v) is 17.0. The van der Waals surface area contributed by atoms with Crippen LogP contribution < -0.4 is 82.8 Å². The largest absolute Gasteiger partial charge is 0.352 e. The maximum absolute atomic E-state index is 9.00. The summed E-state index contributed by atoms with van der Waals surface area (Å²) in [7, 11) is -4.69. The van der Waals surface area contributed by atoms with Crippen LogP contribution in [0.1, 0.15) is 0 Å². The molecular weight excluding hydrogens is 487 g/mol. The molecule has 0 aromatic carbocycles. The van der Waals surface area contributed by atoms with E-state index in [4.69, 9.17) is 47.4 Å². The summed E-state index contributed by atoms with van der Waals surface area (Å²) in [5.74, 6) is 0. The molecule has 0 aromatic heterocycles. The molecule has 1 radical (unpaired) electrons. The average Bonchev–Trinajstić information content (AvgIpc) is 2.18. The van der Waals surface area contributed by atoms with Crippen LogP contribution in [-0.4, -0.2) is 40.8 Å². The van der Waals surface area contributed by atoms with Gasteiger partial charge in [-0.3, -0.25) is 0 Å². The number of halogens is 1. The maximum Gasteiger partial charge on any atom is 0.309 e. The number of hydrogen-bond acceptors (Lipinski definition) is 10. The van der Waals surface area contributed by atoms with E-state index in [1.165, 1.54) is 0 Å². The zero-order valence-electron chi connectivity index (χ0n) is 14.9. The summed E-state index contributed by atoms with van der Waals surface area (Å²) in [6, 6.07) is -5.00. The Bertz CT molecular complexity index is 352. The van der Waals surface area contributed by atoms with E-state index in [9.17, 15) is 0 Å². The van der Waals surface area contributed by atoms with Crippen molar-refractivity contribution in [1.82, 2.24) is 0 Å². The Balaban J connectivity index is -0.0000000313. The van der Waals surface area contributed by atoms with E-state index in [0.29, 0.717) is 0 Å². The van der Waals surface area contributed by atoms with E-state index in [2.05, 4.69) is 68.8 Å². The van der Waals surface area contributed by atoms with Gasteiger partial charge in [0.2, 0.25) is 0 Å². The van der Waals surface area contributed by atoms with Gasteiger partial charge < -0.3 is 68.8 Å². The first kappa shape index (κ1) is 50.3. The van der Waals surface area contributed by atoms with Crippen molar-refractivity contribution in [2.45, 2.75) is 0 Å². The van der Waals surface area contributed by atoms with Gasteiger partial charge in [-0.05, 0) is 0 Å². The quantitative estimate of drug-likeness (QED) is 0.145. The van der Waals surface area contributed by atoms with Crippen molar-refractivity contribution in [1.29, 1.82) is 0 Å². The molecule has 30 heavy (non-hydrogen) atoms. The van der Waals surface area contributed by atoms with E-state index in [1.54, 1.807) is 0 Å². The Kier molecular flexibility index (Phi) is 60.8. The van der Waals surface area contributed by atoms with Crippen LogP contribution in [-0.2, 0) is 18.6 Å². The first-order chi connectivity index (χ1) is 12.4. The number of carbonyl (C=O) groups is 6. The number of primary amides is 12. The molecule has 24 heteroatoms. The Labute approximate surface area is 181 Å². The van der Waals surface area contributed by atoms with Gasteiger partial charge in [-0.1, -0.05) is 0 Å². The van der Waals surface area contributed by atoms with Crippen molar-refractivity contribution in [3.8, 4) is 0 Å². The summed E-state index contributed by atoms with van der Waals surface area (Å²) in [5, 5.41) is 0. The molecule has 0 aliphatic rings. The Morgan fingerprint density at radius 3 is 0.433 bits per heavy atom. The second-order valence-electron chi connectivity index (χ2n) is 2.81. The minimum atomic E-state index is -4.69. The van der Waals surface area contributed by atoms with Crippen LogP contribution in [0.15, 0.2) is 0 Å². The first-order valence-electron chi connectivity index (χ1n) is 5.32. The second kappa shape index (κ2) is 36.3. The predicted octanol–water partition coefficient (Wildman–Crippen LogP) is -9.98. The summed E-state index contributed by atoms with van der Waals surface area (Å²) in [5.41, 5.74) is 51.0. The molecule has 0 unspecified atom stereocenters. The predicted molar refractivity (Wildman–Crippen MR) is 84.8 cm³/mol. The van der Waals surface area contributed by atoms with Gasteiger partial charge in [0.15, 0.2) is 0 Å². The molecular formula is C6H25ClN12O10V. The van der Waals surface area contributed by atoms with Gasteiger partial charge >= 0.3 is 36.2 Å². The van der Waals surface area contributed by atoms with Crippen LogP contribution >= 0.6 is 0 Å². The van der Waals surface area contributed by atoms with Crippen molar-refractivity contribution < 1.29 is 76.2 Å². The molecule has 25 N–H and O–H groups in total. The molecule has 22 nitrogen and oxygen atoms in total. The molecule has 0 aliphatic carbocycles. The summed E-state index contributed by atoms with van der Waals surface area (Å²) in [6.45, 7) is 0. The number of hydrogen-bond donors (Lipinski definition) is 13. The third kappa shape index (κ3) is 986. The monoisotopic (exact) mass is 511 g/mol. The molecule has 0 bridgehead atoms. The van der Waals surface area contributed by atoms with Crippen molar-refractivity contribution in [2.24, 2.45) is 68.8 Å². The fraction of sp³-hybridized carbons (Fsp3) is 0. The Morgan fingerprint density at radius 2 is 0.433 bits per heavy atom. The minimum Gasteiger partial charge on any atom is -0.352 e. The van der Waals surface area contributed by atoms with Gasteiger partial charge in [0.05, 0.1) is 14.9 Å². The number of urea groups is 6. The van der Waals surface area contributed by atoms with E-state index in [1.807, 2.05) is 0 Å². The molecule has 0 saturated heterocycles. The third-order valence-electron chi connectivity index (χ3n) is 0. The molecule has 181 valence electrons. The van der Waals surface area contributed by atoms with Crippen LogP contribution in [0.4, 0.5) is 28.8 Å². The second-order valence-corrected chi connectivity index (χ2v) is 3.60. The van der Waals surface area contributed by atoms with E-state index < -0.39 is 46.4 Å². The number of rotatable bonds is 0. The molecule has 0 rings (SSSR count). The fourth-order valence-electron chi connectivity index (χ4n) is 0. The summed E-state index contributed by atoms with van der Waals surface area (Å²) in [4.78, 5) is 54.0. The van der Waals surface area contributed by atoms with Crippen molar-refractivity contribution in [3.63, 3.8) is 0 Å². The van der Waals surface area contributed by atoms with Gasteiger partial charge in [0, 0.05) is 18.6 Å².